The van der Waals surface area contributed by atoms with Crippen LogP contribution in [-0.2, 0) is 14.5 Å². The molecule has 2 aliphatic heterocycles. The Morgan fingerprint density at radius 3 is 2.64 bits per heavy atom. The molecule has 0 aromatic carbocycles. The van der Waals surface area contributed by atoms with Crippen molar-refractivity contribution in [3.63, 3.8) is 0 Å². The summed E-state index contributed by atoms with van der Waals surface area (Å²) in [7, 11) is -0.180. The van der Waals surface area contributed by atoms with E-state index >= 15 is 0 Å². The van der Waals surface area contributed by atoms with Crippen molar-refractivity contribution in [2.75, 3.05) is 38.2 Å². The van der Waals surface area contributed by atoms with E-state index in [2.05, 4.69) is 11.9 Å². The highest BCUT2D eigenvalue weighted by Crippen LogP contribution is 2.30. The SMILES string of the molecule is CN1CCOC2(CCS(=N)(=O)CC2)C1. The summed E-state index contributed by atoms with van der Waals surface area (Å²) < 4.78 is 24.9. The van der Waals surface area contributed by atoms with Crippen molar-refractivity contribution in [3.05, 3.63) is 0 Å². The lowest BCUT2D eigenvalue weighted by Gasteiger charge is -2.44. The van der Waals surface area contributed by atoms with E-state index < -0.39 is 9.73 Å². The summed E-state index contributed by atoms with van der Waals surface area (Å²) in [5.74, 6) is 1.03. The van der Waals surface area contributed by atoms with Gasteiger partial charge in [0, 0.05) is 34.3 Å². The molecule has 5 heteroatoms. The van der Waals surface area contributed by atoms with E-state index in [4.69, 9.17) is 9.52 Å². The second-order valence-electron chi connectivity index (χ2n) is 4.49. The third-order valence-electron chi connectivity index (χ3n) is 3.21. The van der Waals surface area contributed by atoms with Crippen molar-refractivity contribution in [2.24, 2.45) is 0 Å². The zero-order chi connectivity index (χ0) is 10.2. The molecule has 14 heavy (non-hydrogen) atoms. The maximum atomic E-state index is 11.5. The molecule has 0 bridgehead atoms. The number of morpholine rings is 1. The van der Waals surface area contributed by atoms with Gasteiger partial charge in [0.15, 0.2) is 0 Å². The molecule has 4 nitrogen and oxygen atoms in total. The van der Waals surface area contributed by atoms with Gasteiger partial charge in [-0.05, 0) is 19.9 Å². The molecule has 1 spiro atoms. The van der Waals surface area contributed by atoms with Crippen molar-refractivity contribution in [1.29, 1.82) is 4.78 Å². The number of hydrogen-bond acceptors (Lipinski definition) is 4. The molecule has 2 fully saturated rings. The van der Waals surface area contributed by atoms with E-state index in [1.165, 1.54) is 0 Å². The summed E-state index contributed by atoms with van der Waals surface area (Å²) in [6, 6.07) is 0. The van der Waals surface area contributed by atoms with Crippen molar-refractivity contribution in [1.82, 2.24) is 4.90 Å². The van der Waals surface area contributed by atoms with Crippen LogP contribution in [0.4, 0.5) is 0 Å². The van der Waals surface area contributed by atoms with Gasteiger partial charge in [-0.2, -0.15) is 0 Å². The summed E-state index contributed by atoms with van der Waals surface area (Å²) >= 11 is 0. The molecule has 0 unspecified atom stereocenters. The first-order valence-electron chi connectivity index (χ1n) is 5.08. The van der Waals surface area contributed by atoms with Crippen LogP contribution < -0.4 is 0 Å². The Morgan fingerprint density at radius 2 is 2.07 bits per heavy atom. The average Bonchev–Trinajstić information content (AvgIpc) is 2.12. The molecule has 0 aromatic rings. The van der Waals surface area contributed by atoms with Crippen LogP contribution in [0.15, 0.2) is 0 Å². The first-order chi connectivity index (χ1) is 6.52. The summed E-state index contributed by atoms with van der Waals surface area (Å²) in [6.45, 7) is 2.69. The van der Waals surface area contributed by atoms with Crippen LogP contribution in [0, 0.1) is 4.78 Å². The van der Waals surface area contributed by atoms with Gasteiger partial charge >= 0.3 is 0 Å². The lowest BCUT2D eigenvalue weighted by Crippen LogP contribution is -2.53. The van der Waals surface area contributed by atoms with Crippen LogP contribution in [0.2, 0.25) is 0 Å². The fraction of sp³-hybridized carbons (Fsp3) is 1.00. The summed E-state index contributed by atoms with van der Waals surface area (Å²) in [4.78, 5) is 2.26. The molecule has 0 aliphatic carbocycles. The van der Waals surface area contributed by atoms with E-state index in [-0.39, 0.29) is 5.60 Å². The van der Waals surface area contributed by atoms with Crippen molar-refractivity contribution in [3.8, 4) is 0 Å². The first-order valence-corrected chi connectivity index (χ1v) is 6.98. The van der Waals surface area contributed by atoms with Crippen LogP contribution in [-0.4, -0.2) is 53.0 Å². The number of likely N-dealkylation sites (N-methyl/N-ethyl adjacent to an activating group) is 1. The second kappa shape index (κ2) is 3.47. The lowest BCUT2D eigenvalue weighted by molar-refractivity contribution is -0.107. The highest BCUT2D eigenvalue weighted by molar-refractivity contribution is 7.92. The van der Waals surface area contributed by atoms with Gasteiger partial charge in [0.25, 0.3) is 0 Å². The largest absolute Gasteiger partial charge is 0.372 e. The van der Waals surface area contributed by atoms with Crippen molar-refractivity contribution >= 4 is 9.73 Å². The molecular formula is C9H18N2O2S. The summed E-state index contributed by atoms with van der Waals surface area (Å²) in [5.41, 5.74) is -0.0883. The monoisotopic (exact) mass is 218 g/mol. The molecule has 0 aromatic heterocycles. The van der Waals surface area contributed by atoms with Crippen molar-refractivity contribution < 1.29 is 8.95 Å². The Labute approximate surface area is 85.6 Å². The maximum Gasteiger partial charge on any atom is 0.0827 e. The number of rotatable bonds is 0. The molecular weight excluding hydrogens is 200 g/mol. The van der Waals surface area contributed by atoms with Gasteiger partial charge in [-0.15, -0.1) is 0 Å². The van der Waals surface area contributed by atoms with E-state index in [0.717, 1.165) is 32.5 Å². The molecule has 0 atom stereocenters. The summed E-state index contributed by atoms with van der Waals surface area (Å²) in [5, 5.41) is 0. The minimum atomic E-state index is -2.27. The van der Waals surface area contributed by atoms with Gasteiger partial charge in [0.1, 0.15) is 0 Å². The van der Waals surface area contributed by atoms with Gasteiger partial charge in [-0.1, -0.05) is 0 Å². The highest BCUT2D eigenvalue weighted by atomic mass is 32.2. The second-order valence-corrected chi connectivity index (χ2v) is 6.93. The summed E-state index contributed by atoms with van der Waals surface area (Å²) in [6.07, 6.45) is 1.58. The third kappa shape index (κ3) is 2.10. The third-order valence-corrected chi connectivity index (χ3v) is 4.94. The number of nitrogens with zero attached hydrogens (tertiary/aromatic N) is 1. The molecule has 82 valence electrons. The normalized spacial score (nSPS) is 45.5. The van der Waals surface area contributed by atoms with Crippen LogP contribution >= 0.6 is 0 Å². The standard InChI is InChI=1S/C9H18N2O2S/c1-11-4-5-13-9(8-11)2-6-14(10,12)7-3-9/h10H,2-8H2,1H3. The minimum Gasteiger partial charge on any atom is -0.372 e. The van der Waals surface area contributed by atoms with Gasteiger partial charge in [0.2, 0.25) is 0 Å². The molecule has 0 amide bonds. The van der Waals surface area contributed by atoms with Crippen molar-refractivity contribution in [2.45, 2.75) is 18.4 Å². The highest BCUT2D eigenvalue weighted by Gasteiger charge is 2.39. The van der Waals surface area contributed by atoms with E-state index in [1.54, 1.807) is 0 Å². The topological polar surface area (TPSA) is 53.4 Å². The number of ether oxygens (including phenoxy) is 1. The fourth-order valence-electron chi connectivity index (χ4n) is 2.27. The average molecular weight is 218 g/mol. The minimum absolute atomic E-state index is 0.0883. The fourth-order valence-corrected chi connectivity index (χ4v) is 3.87. The quantitative estimate of drug-likeness (QED) is 0.645. The van der Waals surface area contributed by atoms with Gasteiger partial charge < -0.3 is 9.64 Å². The Morgan fingerprint density at radius 1 is 1.43 bits per heavy atom. The first kappa shape index (κ1) is 10.4. The van der Waals surface area contributed by atoms with Crippen LogP contribution in [0.5, 0.6) is 0 Å². The van der Waals surface area contributed by atoms with Crippen LogP contribution in [0.25, 0.3) is 0 Å². The molecule has 2 heterocycles. The van der Waals surface area contributed by atoms with Gasteiger partial charge in [0.05, 0.1) is 12.2 Å². The van der Waals surface area contributed by atoms with E-state index in [0.29, 0.717) is 11.5 Å². The predicted molar refractivity (Wildman–Crippen MR) is 56.0 cm³/mol. The number of hydrogen-bond donors (Lipinski definition) is 1. The van der Waals surface area contributed by atoms with Crippen LogP contribution in [0.1, 0.15) is 12.8 Å². The molecule has 2 rings (SSSR count). The molecule has 0 saturated carbocycles. The Kier molecular flexibility index (Phi) is 2.57. The van der Waals surface area contributed by atoms with Crippen LogP contribution in [0.3, 0.4) is 0 Å². The number of nitrogens with one attached hydrogen (secondary N) is 1. The van der Waals surface area contributed by atoms with E-state index in [9.17, 15) is 4.21 Å². The molecule has 1 N–H and O–H groups in total. The Hall–Kier alpha value is -0.130. The molecule has 0 radical (unpaired) electrons. The zero-order valence-corrected chi connectivity index (χ0v) is 9.44. The zero-order valence-electron chi connectivity index (χ0n) is 8.62. The smallest absolute Gasteiger partial charge is 0.0827 e. The molecule has 2 saturated heterocycles. The Bertz CT molecular complexity index is 299. The van der Waals surface area contributed by atoms with Gasteiger partial charge in [-0.3, -0.25) is 4.78 Å². The molecule has 2 aliphatic rings. The van der Waals surface area contributed by atoms with Gasteiger partial charge in [-0.25, -0.2) is 4.21 Å². The van der Waals surface area contributed by atoms with E-state index in [1.807, 2.05) is 0 Å². The predicted octanol–water partition coefficient (Wildman–Crippen LogP) is 0.528. The lowest BCUT2D eigenvalue weighted by atomic mass is 9.94. The maximum absolute atomic E-state index is 11.5. The Balaban J connectivity index is 2.04.